The lowest BCUT2D eigenvalue weighted by atomic mass is 9.98. The fourth-order valence-corrected chi connectivity index (χ4v) is 4.13. The Kier molecular flexibility index (Phi) is 7.86. The van der Waals surface area contributed by atoms with Crippen molar-refractivity contribution in [1.82, 2.24) is 10.3 Å². The number of nitrogens with one attached hydrogen (secondary N) is 1. The number of aryl methyl sites for hydroxylation is 1. The van der Waals surface area contributed by atoms with Crippen LogP contribution in [0.25, 0.3) is 22.4 Å². The number of hydrogen-bond acceptors (Lipinski definition) is 5. The average Bonchev–Trinajstić information content (AvgIpc) is 2.81. The van der Waals surface area contributed by atoms with Crippen LogP contribution in [0.4, 0.5) is 0 Å². The van der Waals surface area contributed by atoms with Crippen molar-refractivity contribution in [3.05, 3.63) is 71.8 Å². The van der Waals surface area contributed by atoms with Crippen molar-refractivity contribution in [2.24, 2.45) is 5.92 Å². The van der Waals surface area contributed by atoms with Crippen LogP contribution in [0, 0.1) is 24.2 Å². The Balaban J connectivity index is 1.98. The van der Waals surface area contributed by atoms with Gasteiger partial charge in [-0.15, -0.1) is 0 Å². The summed E-state index contributed by atoms with van der Waals surface area (Å²) < 4.78 is 0. The number of carboxylic acids is 1. The van der Waals surface area contributed by atoms with Gasteiger partial charge in [0.25, 0.3) is 0 Å². The minimum Gasteiger partial charge on any atom is -0.480 e. The Morgan fingerprint density at radius 2 is 1.76 bits per heavy atom. The molecule has 1 heterocycles. The highest BCUT2D eigenvalue weighted by Gasteiger charge is 2.24. The lowest BCUT2D eigenvalue weighted by Crippen LogP contribution is -2.45. The van der Waals surface area contributed by atoms with Crippen LogP contribution in [0.1, 0.15) is 25.0 Å². The van der Waals surface area contributed by atoms with Crippen LogP contribution < -0.4 is 5.32 Å². The van der Waals surface area contributed by atoms with E-state index in [0.717, 1.165) is 34.0 Å². The molecule has 1 aromatic heterocycles. The minimum absolute atomic E-state index is 0.0518. The molecule has 2 N–H and O–H groups in total. The standard InChI is InChI=1S/C26H25N3O3S/c1-16(2)24(26(31)32)29-23(30)15-33-25-21(14-27)20(18-11-9-17(3)10-12-18)13-22(28-25)19-7-5-4-6-8-19/h4-13,16,24H,15H2,1-3H3,(H,29,30)(H,31,32)/t24-/m0/s1. The van der Waals surface area contributed by atoms with Crippen molar-refractivity contribution in [2.45, 2.75) is 31.8 Å². The third kappa shape index (κ3) is 5.99. The van der Waals surface area contributed by atoms with E-state index in [0.29, 0.717) is 16.3 Å². The van der Waals surface area contributed by atoms with Crippen molar-refractivity contribution in [3.8, 4) is 28.5 Å². The van der Waals surface area contributed by atoms with E-state index < -0.39 is 17.9 Å². The van der Waals surface area contributed by atoms with Crippen molar-refractivity contribution in [1.29, 1.82) is 5.26 Å². The first-order valence-corrected chi connectivity index (χ1v) is 11.5. The van der Waals surface area contributed by atoms with Gasteiger partial charge in [-0.2, -0.15) is 5.26 Å². The molecule has 0 saturated heterocycles. The van der Waals surface area contributed by atoms with Crippen molar-refractivity contribution < 1.29 is 14.7 Å². The van der Waals surface area contributed by atoms with Crippen LogP contribution in [0.2, 0.25) is 0 Å². The SMILES string of the molecule is Cc1ccc(-c2cc(-c3ccccc3)nc(SCC(=O)N[C@H](C(=O)O)C(C)C)c2C#N)cc1. The third-order valence-electron chi connectivity index (χ3n) is 5.12. The number of carbonyl (C=O) groups is 2. The van der Waals surface area contributed by atoms with E-state index in [2.05, 4.69) is 16.4 Å². The van der Waals surface area contributed by atoms with E-state index in [1.54, 1.807) is 13.8 Å². The first-order chi connectivity index (χ1) is 15.8. The van der Waals surface area contributed by atoms with Gasteiger partial charge in [-0.25, -0.2) is 9.78 Å². The monoisotopic (exact) mass is 459 g/mol. The fraction of sp³-hybridized carbons (Fsp3) is 0.231. The Morgan fingerprint density at radius 1 is 1.09 bits per heavy atom. The molecule has 0 bridgehead atoms. The summed E-state index contributed by atoms with van der Waals surface area (Å²) in [6, 6.07) is 20.7. The molecule has 33 heavy (non-hydrogen) atoms. The zero-order chi connectivity index (χ0) is 24.0. The Bertz CT molecular complexity index is 1190. The van der Waals surface area contributed by atoms with Crippen LogP contribution in [-0.4, -0.2) is 33.8 Å². The van der Waals surface area contributed by atoms with E-state index in [1.807, 2.05) is 67.6 Å². The van der Waals surface area contributed by atoms with E-state index in [-0.39, 0.29) is 11.7 Å². The van der Waals surface area contributed by atoms with Gasteiger partial charge >= 0.3 is 5.97 Å². The molecule has 0 aliphatic carbocycles. The van der Waals surface area contributed by atoms with Gasteiger partial charge < -0.3 is 10.4 Å². The molecule has 0 spiro atoms. The third-order valence-corrected chi connectivity index (χ3v) is 6.09. The summed E-state index contributed by atoms with van der Waals surface area (Å²) in [6.07, 6.45) is 0. The smallest absolute Gasteiger partial charge is 0.326 e. The van der Waals surface area contributed by atoms with Gasteiger partial charge in [0.2, 0.25) is 5.91 Å². The first kappa shape index (κ1) is 24.0. The molecule has 2 aromatic carbocycles. The summed E-state index contributed by atoms with van der Waals surface area (Å²) >= 11 is 1.13. The number of aromatic nitrogens is 1. The lowest BCUT2D eigenvalue weighted by molar-refractivity contribution is -0.142. The second-order valence-electron chi connectivity index (χ2n) is 8.00. The zero-order valence-corrected chi connectivity index (χ0v) is 19.5. The normalized spacial score (nSPS) is 11.6. The highest BCUT2D eigenvalue weighted by Crippen LogP contribution is 2.34. The summed E-state index contributed by atoms with van der Waals surface area (Å²) in [5.74, 6) is -1.80. The summed E-state index contributed by atoms with van der Waals surface area (Å²) in [7, 11) is 0. The summed E-state index contributed by atoms with van der Waals surface area (Å²) in [5, 5.41) is 22.3. The maximum Gasteiger partial charge on any atom is 0.326 e. The van der Waals surface area contributed by atoms with Crippen molar-refractivity contribution in [3.63, 3.8) is 0 Å². The van der Waals surface area contributed by atoms with Crippen molar-refractivity contribution in [2.75, 3.05) is 5.75 Å². The largest absolute Gasteiger partial charge is 0.480 e. The summed E-state index contributed by atoms with van der Waals surface area (Å²) in [4.78, 5) is 28.6. The number of rotatable bonds is 8. The molecule has 6 nitrogen and oxygen atoms in total. The summed E-state index contributed by atoms with van der Waals surface area (Å²) in [6.45, 7) is 5.47. The highest BCUT2D eigenvalue weighted by molar-refractivity contribution is 8.00. The number of nitrogens with zero attached hydrogens (tertiary/aromatic N) is 2. The van der Waals surface area contributed by atoms with Gasteiger partial charge in [0, 0.05) is 11.1 Å². The number of pyridine rings is 1. The molecule has 168 valence electrons. The van der Waals surface area contributed by atoms with E-state index in [9.17, 15) is 20.0 Å². The quantitative estimate of drug-likeness (QED) is 0.464. The molecule has 0 aliphatic heterocycles. The van der Waals surface area contributed by atoms with E-state index in [4.69, 9.17) is 0 Å². The van der Waals surface area contributed by atoms with Gasteiger partial charge in [-0.1, -0.05) is 85.8 Å². The molecule has 0 fully saturated rings. The molecular formula is C26H25N3O3S. The Labute approximate surface area is 197 Å². The molecule has 0 aliphatic rings. The molecule has 0 saturated carbocycles. The van der Waals surface area contributed by atoms with Crippen LogP contribution in [0.15, 0.2) is 65.7 Å². The number of carboxylic acid groups (broad SMARTS) is 1. The molecule has 3 rings (SSSR count). The van der Waals surface area contributed by atoms with Gasteiger partial charge in [-0.3, -0.25) is 4.79 Å². The van der Waals surface area contributed by atoms with Crippen LogP contribution in [0.5, 0.6) is 0 Å². The molecule has 0 unspecified atom stereocenters. The number of carbonyl (C=O) groups excluding carboxylic acids is 1. The second kappa shape index (κ2) is 10.8. The number of benzene rings is 2. The van der Waals surface area contributed by atoms with Gasteiger partial charge in [0.15, 0.2) is 0 Å². The minimum atomic E-state index is -1.08. The number of nitriles is 1. The van der Waals surface area contributed by atoms with Crippen LogP contribution in [-0.2, 0) is 9.59 Å². The maximum atomic E-state index is 12.5. The molecule has 7 heteroatoms. The topological polar surface area (TPSA) is 103 Å². The highest BCUT2D eigenvalue weighted by atomic mass is 32.2. The van der Waals surface area contributed by atoms with E-state index >= 15 is 0 Å². The zero-order valence-electron chi connectivity index (χ0n) is 18.7. The Morgan fingerprint density at radius 3 is 2.33 bits per heavy atom. The number of aliphatic carboxylic acids is 1. The molecule has 3 aromatic rings. The molecular weight excluding hydrogens is 434 g/mol. The van der Waals surface area contributed by atoms with E-state index in [1.165, 1.54) is 0 Å². The number of hydrogen-bond donors (Lipinski definition) is 2. The second-order valence-corrected chi connectivity index (χ2v) is 8.96. The molecule has 0 radical (unpaired) electrons. The van der Waals surface area contributed by atoms with Gasteiger partial charge in [-0.05, 0) is 24.5 Å². The van der Waals surface area contributed by atoms with Gasteiger partial charge in [0.05, 0.1) is 17.0 Å². The lowest BCUT2D eigenvalue weighted by Gasteiger charge is -2.18. The Hall–Kier alpha value is -3.63. The van der Waals surface area contributed by atoms with Gasteiger partial charge in [0.1, 0.15) is 17.1 Å². The van der Waals surface area contributed by atoms with Crippen molar-refractivity contribution >= 4 is 23.6 Å². The maximum absolute atomic E-state index is 12.5. The molecule has 1 amide bonds. The predicted octanol–water partition coefficient (Wildman–Crippen LogP) is 4.91. The number of amides is 1. The predicted molar refractivity (Wildman–Crippen MR) is 130 cm³/mol. The average molecular weight is 460 g/mol. The summed E-state index contributed by atoms with van der Waals surface area (Å²) in [5.41, 5.74) is 4.70. The fourth-order valence-electron chi connectivity index (χ4n) is 3.31. The first-order valence-electron chi connectivity index (χ1n) is 10.5. The van der Waals surface area contributed by atoms with Crippen LogP contribution >= 0.6 is 11.8 Å². The molecule has 1 atom stereocenters. The number of thioether (sulfide) groups is 1. The van der Waals surface area contributed by atoms with Crippen LogP contribution in [0.3, 0.4) is 0 Å².